The molecule has 0 aliphatic heterocycles. The van der Waals surface area contributed by atoms with Gasteiger partial charge >= 0.3 is 0 Å². The Morgan fingerprint density at radius 3 is 3.20 bits per heavy atom. The van der Waals surface area contributed by atoms with Gasteiger partial charge in [-0.2, -0.15) is 16.4 Å². The van der Waals surface area contributed by atoms with Gasteiger partial charge in [-0.1, -0.05) is 0 Å². The molecule has 0 aliphatic rings. The number of H-pyrrole nitrogens is 1. The van der Waals surface area contributed by atoms with Crippen LogP contribution in [-0.4, -0.2) is 27.6 Å². The number of nitrogens with one attached hydrogen (secondary N) is 2. The Morgan fingerprint density at radius 1 is 1.60 bits per heavy atom. The third kappa shape index (κ3) is 2.63. The first-order chi connectivity index (χ1) is 7.36. The van der Waals surface area contributed by atoms with Crippen LogP contribution in [0.15, 0.2) is 23.2 Å². The molecule has 2 N–H and O–H groups in total. The van der Waals surface area contributed by atoms with Gasteiger partial charge in [-0.15, -0.1) is 0 Å². The summed E-state index contributed by atoms with van der Waals surface area (Å²) in [6.07, 6.45) is 2.15. The van der Waals surface area contributed by atoms with Crippen LogP contribution in [-0.2, 0) is 6.42 Å². The normalized spacial score (nSPS) is 10.1. The van der Waals surface area contributed by atoms with Crippen LogP contribution in [0, 0.1) is 0 Å². The minimum atomic E-state index is -0.220. The molecule has 15 heavy (non-hydrogen) atoms. The number of rotatable bonds is 4. The van der Waals surface area contributed by atoms with Gasteiger partial charge in [0.15, 0.2) is 0 Å². The first kappa shape index (κ1) is 9.85. The molecule has 2 aromatic heterocycles. The third-order valence-corrected chi connectivity index (χ3v) is 2.64. The molecule has 0 unspecified atom stereocenters. The Labute approximate surface area is 90.6 Å². The number of thiophene rings is 1. The molecule has 0 spiro atoms. The van der Waals surface area contributed by atoms with Gasteiger partial charge in [-0.25, -0.2) is 4.98 Å². The summed E-state index contributed by atoms with van der Waals surface area (Å²) in [7, 11) is 0. The van der Waals surface area contributed by atoms with Crippen molar-refractivity contribution in [3.8, 4) is 0 Å². The average Bonchev–Trinajstić information content (AvgIpc) is 2.90. The summed E-state index contributed by atoms with van der Waals surface area (Å²) in [6, 6.07) is 2.05. The van der Waals surface area contributed by atoms with E-state index in [-0.39, 0.29) is 11.7 Å². The fourth-order valence-electron chi connectivity index (χ4n) is 1.15. The fraction of sp³-hybridized carbons (Fsp3) is 0.222. The summed E-state index contributed by atoms with van der Waals surface area (Å²) in [5, 5.41) is 13.0. The lowest BCUT2D eigenvalue weighted by molar-refractivity contribution is 0.0944. The maximum atomic E-state index is 11.4. The van der Waals surface area contributed by atoms with E-state index in [9.17, 15) is 4.79 Å². The van der Waals surface area contributed by atoms with Crippen molar-refractivity contribution in [3.63, 3.8) is 0 Å². The average molecular weight is 222 g/mol. The number of hydrogen-bond donors (Lipinski definition) is 2. The number of aromatic nitrogens is 3. The highest BCUT2D eigenvalue weighted by Gasteiger charge is 2.06. The van der Waals surface area contributed by atoms with Gasteiger partial charge in [0.25, 0.3) is 5.91 Å². The zero-order valence-corrected chi connectivity index (χ0v) is 8.75. The lowest BCUT2D eigenvalue weighted by atomic mass is 10.2. The van der Waals surface area contributed by atoms with Crippen molar-refractivity contribution in [3.05, 3.63) is 34.5 Å². The topological polar surface area (TPSA) is 70.7 Å². The molecule has 0 fully saturated rings. The smallest absolute Gasteiger partial charge is 0.288 e. The molecule has 0 aliphatic carbocycles. The van der Waals surface area contributed by atoms with Crippen LogP contribution in [0.1, 0.15) is 16.2 Å². The first-order valence-electron chi connectivity index (χ1n) is 4.51. The Bertz CT molecular complexity index is 409. The number of hydrogen-bond acceptors (Lipinski definition) is 4. The van der Waals surface area contributed by atoms with Crippen LogP contribution in [0.25, 0.3) is 0 Å². The lowest BCUT2D eigenvalue weighted by Crippen LogP contribution is -2.26. The molecular formula is C9H10N4OS. The standard InChI is InChI=1S/C9H10N4OS/c14-9(8-11-6-12-13-8)10-3-1-7-2-4-15-5-7/h2,4-6H,1,3H2,(H,10,14)(H,11,12,13). The highest BCUT2D eigenvalue weighted by atomic mass is 32.1. The predicted molar refractivity (Wildman–Crippen MR) is 56.7 cm³/mol. The molecule has 2 heterocycles. The van der Waals surface area contributed by atoms with Crippen molar-refractivity contribution in [2.24, 2.45) is 0 Å². The van der Waals surface area contributed by atoms with Crippen molar-refractivity contribution in [2.45, 2.75) is 6.42 Å². The quantitative estimate of drug-likeness (QED) is 0.805. The number of amides is 1. The molecule has 0 bridgehead atoms. The Balaban J connectivity index is 1.77. The monoisotopic (exact) mass is 222 g/mol. The van der Waals surface area contributed by atoms with Crippen LogP contribution >= 0.6 is 11.3 Å². The van der Waals surface area contributed by atoms with E-state index in [0.29, 0.717) is 6.54 Å². The third-order valence-electron chi connectivity index (χ3n) is 1.91. The second kappa shape index (κ2) is 4.70. The number of carbonyl (C=O) groups excluding carboxylic acids is 1. The molecule has 6 heteroatoms. The molecule has 1 amide bonds. The van der Waals surface area contributed by atoms with Gasteiger partial charge in [0, 0.05) is 6.54 Å². The van der Waals surface area contributed by atoms with Crippen molar-refractivity contribution in [1.29, 1.82) is 0 Å². The highest BCUT2D eigenvalue weighted by molar-refractivity contribution is 7.07. The van der Waals surface area contributed by atoms with Gasteiger partial charge in [0.1, 0.15) is 6.33 Å². The second-order valence-electron chi connectivity index (χ2n) is 2.97. The van der Waals surface area contributed by atoms with Crippen molar-refractivity contribution in [1.82, 2.24) is 20.5 Å². The zero-order chi connectivity index (χ0) is 10.5. The van der Waals surface area contributed by atoms with Crippen molar-refractivity contribution < 1.29 is 4.79 Å². The molecule has 5 nitrogen and oxygen atoms in total. The number of nitrogens with zero attached hydrogens (tertiary/aromatic N) is 2. The molecule has 78 valence electrons. The van der Waals surface area contributed by atoms with E-state index in [4.69, 9.17) is 0 Å². The van der Waals surface area contributed by atoms with Crippen LogP contribution in [0.5, 0.6) is 0 Å². The first-order valence-corrected chi connectivity index (χ1v) is 5.45. The minimum absolute atomic E-state index is 0.220. The zero-order valence-electron chi connectivity index (χ0n) is 7.93. The van der Waals surface area contributed by atoms with Gasteiger partial charge in [-0.3, -0.25) is 9.89 Å². The molecule has 0 saturated heterocycles. The molecule has 2 aromatic rings. The van der Waals surface area contributed by atoms with Crippen LogP contribution < -0.4 is 5.32 Å². The summed E-state index contributed by atoms with van der Waals surface area (Å²) in [5.74, 6) is 0.0306. The van der Waals surface area contributed by atoms with E-state index < -0.39 is 0 Å². The maximum Gasteiger partial charge on any atom is 0.288 e. The summed E-state index contributed by atoms with van der Waals surface area (Å²) in [6.45, 7) is 0.607. The number of aromatic amines is 1. The largest absolute Gasteiger partial charge is 0.349 e. The van der Waals surface area contributed by atoms with Crippen molar-refractivity contribution in [2.75, 3.05) is 6.54 Å². The van der Waals surface area contributed by atoms with Gasteiger partial charge < -0.3 is 5.32 Å². The van der Waals surface area contributed by atoms with Crippen molar-refractivity contribution >= 4 is 17.2 Å². The molecule has 0 aromatic carbocycles. The fourth-order valence-corrected chi connectivity index (χ4v) is 1.86. The van der Waals surface area contributed by atoms with Crippen LogP contribution in [0.2, 0.25) is 0 Å². The van der Waals surface area contributed by atoms with E-state index in [1.54, 1.807) is 11.3 Å². The van der Waals surface area contributed by atoms with E-state index in [1.807, 2.05) is 11.4 Å². The van der Waals surface area contributed by atoms with E-state index >= 15 is 0 Å². The number of carbonyl (C=O) groups is 1. The van der Waals surface area contributed by atoms with Crippen LogP contribution in [0.3, 0.4) is 0 Å². The summed E-state index contributed by atoms with van der Waals surface area (Å²) in [4.78, 5) is 15.1. The van der Waals surface area contributed by atoms with Gasteiger partial charge in [0.05, 0.1) is 0 Å². The lowest BCUT2D eigenvalue weighted by Gasteiger charge is -2.00. The molecule has 0 atom stereocenters. The summed E-state index contributed by atoms with van der Waals surface area (Å²) < 4.78 is 0. The Hall–Kier alpha value is -1.69. The van der Waals surface area contributed by atoms with E-state index in [0.717, 1.165) is 6.42 Å². The summed E-state index contributed by atoms with van der Waals surface area (Å²) in [5.41, 5.74) is 1.23. The maximum absolute atomic E-state index is 11.4. The molecule has 0 radical (unpaired) electrons. The second-order valence-corrected chi connectivity index (χ2v) is 3.75. The minimum Gasteiger partial charge on any atom is -0.349 e. The van der Waals surface area contributed by atoms with E-state index in [1.165, 1.54) is 11.9 Å². The Kier molecular flexibility index (Phi) is 3.08. The molecule has 2 rings (SSSR count). The van der Waals surface area contributed by atoms with Gasteiger partial charge in [-0.05, 0) is 28.8 Å². The SMILES string of the molecule is O=C(NCCc1ccsc1)c1ncn[nH]1. The molecular weight excluding hydrogens is 212 g/mol. The molecule has 0 saturated carbocycles. The highest BCUT2D eigenvalue weighted by Crippen LogP contribution is 2.05. The summed E-state index contributed by atoms with van der Waals surface area (Å²) >= 11 is 1.65. The Morgan fingerprint density at radius 2 is 2.53 bits per heavy atom. The predicted octanol–water partition coefficient (Wildman–Crippen LogP) is 0.839. The van der Waals surface area contributed by atoms with Gasteiger partial charge in [0.2, 0.25) is 5.82 Å². The van der Waals surface area contributed by atoms with E-state index in [2.05, 4.69) is 25.9 Å². The van der Waals surface area contributed by atoms with Crippen LogP contribution in [0.4, 0.5) is 0 Å².